The highest BCUT2D eigenvalue weighted by atomic mass is 16.5. The topological polar surface area (TPSA) is 77.3 Å². The van der Waals surface area contributed by atoms with E-state index in [9.17, 15) is 4.79 Å². The molecule has 1 aromatic rings. The zero-order chi connectivity index (χ0) is 12.7. The summed E-state index contributed by atoms with van der Waals surface area (Å²) in [6.45, 7) is 8.55. The van der Waals surface area contributed by atoms with E-state index in [0.29, 0.717) is 43.4 Å². The van der Waals surface area contributed by atoms with Crippen molar-refractivity contribution in [1.82, 2.24) is 15.5 Å². The van der Waals surface area contributed by atoms with Crippen LogP contribution in [0.4, 0.5) is 0 Å². The van der Waals surface area contributed by atoms with E-state index in [0.717, 1.165) is 0 Å². The lowest BCUT2D eigenvalue weighted by molar-refractivity contribution is -0.138. The fourth-order valence-corrected chi connectivity index (χ4v) is 1.18. The second-order valence-electron chi connectivity index (χ2n) is 3.49. The van der Waals surface area contributed by atoms with Crippen LogP contribution in [0.15, 0.2) is 16.7 Å². The van der Waals surface area contributed by atoms with Crippen LogP contribution in [0.2, 0.25) is 0 Å². The van der Waals surface area contributed by atoms with Crippen LogP contribution in [-0.4, -0.2) is 35.8 Å². The molecule has 0 radical (unpaired) electrons. The highest BCUT2D eigenvalue weighted by Crippen LogP contribution is 1.96. The molecule has 0 saturated heterocycles. The lowest BCUT2D eigenvalue weighted by Crippen LogP contribution is -2.23. The van der Waals surface area contributed by atoms with E-state index < -0.39 is 0 Å². The molecule has 1 aromatic heterocycles. The molecule has 0 atom stereocenters. The number of rotatable bonds is 7. The summed E-state index contributed by atoms with van der Waals surface area (Å²) in [5, 5.41) is 6.73. The van der Waals surface area contributed by atoms with Crippen LogP contribution in [0.1, 0.15) is 18.6 Å². The van der Waals surface area contributed by atoms with Gasteiger partial charge in [-0.2, -0.15) is 4.98 Å². The Morgan fingerprint density at radius 1 is 1.59 bits per heavy atom. The van der Waals surface area contributed by atoms with Crippen molar-refractivity contribution in [2.45, 2.75) is 20.3 Å². The normalized spacial score (nSPS) is 10.2. The monoisotopic (exact) mass is 239 g/mol. The molecule has 0 saturated carbocycles. The molecule has 0 aliphatic heterocycles. The van der Waals surface area contributed by atoms with Crippen LogP contribution < -0.4 is 5.32 Å². The second kappa shape index (κ2) is 6.80. The number of nitrogens with one attached hydrogen (secondary N) is 1. The standard InChI is InChI=1S/C11H17N3O3/c1-4-16-11(15)8(2)7-12-6-5-10-13-9(3)14-17-10/h12H,2,4-7H2,1,3H3. The Bertz CT molecular complexity index is 387. The highest BCUT2D eigenvalue weighted by molar-refractivity contribution is 5.88. The largest absolute Gasteiger partial charge is 0.463 e. The molecule has 1 rings (SSSR count). The number of hydrogen-bond acceptors (Lipinski definition) is 6. The summed E-state index contributed by atoms with van der Waals surface area (Å²) in [5.74, 6) is 0.835. The first kappa shape index (κ1) is 13.4. The summed E-state index contributed by atoms with van der Waals surface area (Å²) >= 11 is 0. The quantitative estimate of drug-likeness (QED) is 0.427. The maximum atomic E-state index is 11.2. The molecule has 17 heavy (non-hydrogen) atoms. The Kier molecular flexibility index (Phi) is 5.35. The first-order valence-electron chi connectivity index (χ1n) is 5.48. The minimum absolute atomic E-state index is 0.360. The maximum Gasteiger partial charge on any atom is 0.334 e. The van der Waals surface area contributed by atoms with E-state index >= 15 is 0 Å². The molecule has 0 amide bonds. The average Bonchev–Trinajstić information content (AvgIpc) is 2.70. The summed E-state index contributed by atoms with van der Waals surface area (Å²) in [6.07, 6.45) is 0.622. The van der Waals surface area contributed by atoms with Gasteiger partial charge < -0.3 is 14.6 Å². The van der Waals surface area contributed by atoms with Gasteiger partial charge in [-0.15, -0.1) is 0 Å². The van der Waals surface area contributed by atoms with Gasteiger partial charge in [0.1, 0.15) is 0 Å². The summed E-state index contributed by atoms with van der Waals surface area (Å²) in [5.41, 5.74) is 0.411. The summed E-state index contributed by atoms with van der Waals surface area (Å²) in [4.78, 5) is 15.3. The average molecular weight is 239 g/mol. The van der Waals surface area contributed by atoms with Crippen LogP contribution >= 0.6 is 0 Å². The number of esters is 1. The zero-order valence-corrected chi connectivity index (χ0v) is 10.2. The Morgan fingerprint density at radius 2 is 2.35 bits per heavy atom. The Labute approximate surface area is 100 Å². The molecule has 0 spiro atoms. The van der Waals surface area contributed by atoms with E-state index in [2.05, 4.69) is 22.0 Å². The van der Waals surface area contributed by atoms with Crippen molar-refractivity contribution in [1.29, 1.82) is 0 Å². The van der Waals surface area contributed by atoms with Gasteiger partial charge in [0.15, 0.2) is 5.82 Å². The summed E-state index contributed by atoms with van der Waals surface area (Å²) < 4.78 is 9.75. The Hall–Kier alpha value is -1.69. The summed E-state index contributed by atoms with van der Waals surface area (Å²) in [6, 6.07) is 0. The maximum absolute atomic E-state index is 11.2. The lowest BCUT2D eigenvalue weighted by Gasteiger charge is -2.05. The molecule has 0 aliphatic carbocycles. The molecule has 1 N–H and O–H groups in total. The molecular weight excluding hydrogens is 222 g/mol. The van der Waals surface area contributed by atoms with Gasteiger partial charge >= 0.3 is 5.97 Å². The second-order valence-corrected chi connectivity index (χ2v) is 3.49. The predicted molar refractivity (Wildman–Crippen MR) is 61.4 cm³/mol. The number of carbonyl (C=O) groups is 1. The third-order valence-corrected chi connectivity index (χ3v) is 1.99. The van der Waals surface area contributed by atoms with Gasteiger partial charge in [0, 0.05) is 25.1 Å². The van der Waals surface area contributed by atoms with Crippen molar-refractivity contribution < 1.29 is 14.1 Å². The van der Waals surface area contributed by atoms with Crippen LogP contribution in [0.5, 0.6) is 0 Å². The molecule has 94 valence electrons. The number of hydrogen-bond donors (Lipinski definition) is 1. The van der Waals surface area contributed by atoms with E-state index in [1.54, 1.807) is 13.8 Å². The molecule has 6 heteroatoms. The summed E-state index contributed by atoms with van der Waals surface area (Å²) in [7, 11) is 0. The van der Waals surface area contributed by atoms with Gasteiger partial charge in [0.2, 0.25) is 5.89 Å². The predicted octanol–water partition coefficient (Wildman–Crippen LogP) is 0.629. The molecule has 6 nitrogen and oxygen atoms in total. The van der Waals surface area contributed by atoms with Crippen molar-refractivity contribution in [3.05, 3.63) is 23.9 Å². The van der Waals surface area contributed by atoms with Crippen molar-refractivity contribution in [3.63, 3.8) is 0 Å². The van der Waals surface area contributed by atoms with E-state index in [1.165, 1.54) is 0 Å². The Morgan fingerprint density at radius 3 is 2.94 bits per heavy atom. The molecular formula is C11H17N3O3. The smallest absolute Gasteiger partial charge is 0.334 e. The van der Waals surface area contributed by atoms with Gasteiger partial charge in [-0.3, -0.25) is 0 Å². The minimum Gasteiger partial charge on any atom is -0.463 e. The van der Waals surface area contributed by atoms with Gasteiger partial charge in [-0.25, -0.2) is 4.79 Å². The molecule has 0 aliphatic rings. The van der Waals surface area contributed by atoms with Crippen LogP contribution in [0, 0.1) is 6.92 Å². The van der Waals surface area contributed by atoms with Crippen molar-refractivity contribution in [2.24, 2.45) is 0 Å². The van der Waals surface area contributed by atoms with Crippen molar-refractivity contribution in [3.8, 4) is 0 Å². The zero-order valence-electron chi connectivity index (χ0n) is 10.2. The van der Waals surface area contributed by atoms with Gasteiger partial charge in [-0.1, -0.05) is 11.7 Å². The number of nitrogens with zero attached hydrogens (tertiary/aromatic N) is 2. The van der Waals surface area contributed by atoms with Crippen LogP contribution in [0.3, 0.4) is 0 Å². The van der Waals surface area contributed by atoms with Crippen LogP contribution in [-0.2, 0) is 16.0 Å². The third-order valence-electron chi connectivity index (χ3n) is 1.99. The number of aryl methyl sites for hydroxylation is 1. The van der Waals surface area contributed by atoms with Crippen molar-refractivity contribution in [2.75, 3.05) is 19.7 Å². The SMILES string of the molecule is C=C(CNCCc1nc(C)no1)C(=O)OCC. The first-order valence-corrected chi connectivity index (χ1v) is 5.48. The van der Waals surface area contributed by atoms with E-state index in [-0.39, 0.29) is 5.97 Å². The van der Waals surface area contributed by atoms with Gasteiger partial charge in [0.05, 0.1) is 6.61 Å². The van der Waals surface area contributed by atoms with Gasteiger partial charge in [-0.05, 0) is 13.8 Å². The minimum atomic E-state index is -0.367. The molecule has 0 bridgehead atoms. The van der Waals surface area contributed by atoms with E-state index in [1.807, 2.05) is 0 Å². The molecule has 1 heterocycles. The third kappa shape index (κ3) is 4.78. The number of aromatic nitrogens is 2. The molecule has 0 unspecified atom stereocenters. The fourth-order valence-electron chi connectivity index (χ4n) is 1.18. The fraction of sp³-hybridized carbons (Fsp3) is 0.545. The first-order chi connectivity index (χ1) is 8.13. The number of ether oxygens (including phenoxy) is 1. The number of carbonyl (C=O) groups excluding carboxylic acids is 1. The van der Waals surface area contributed by atoms with Crippen molar-refractivity contribution >= 4 is 5.97 Å². The lowest BCUT2D eigenvalue weighted by atomic mass is 10.3. The van der Waals surface area contributed by atoms with Gasteiger partial charge in [0.25, 0.3) is 0 Å². The molecule has 0 aromatic carbocycles. The highest BCUT2D eigenvalue weighted by Gasteiger charge is 2.07. The Balaban J connectivity index is 2.16. The molecule has 0 fully saturated rings. The van der Waals surface area contributed by atoms with Crippen LogP contribution in [0.25, 0.3) is 0 Å². The van der Waals surface area contributed by atoms with E-state index in [4.69, 9.17) is 9.26 Å².